The van der Waals surface area contributed by atoms with Gasteiger partial charge in [0.15, 0.2) is 0 Å². The molecule has 110 valence electrons. The molecule has 0 saturated carbocycles. The summed E-state index contributed by atoms with van der Waals surface area (Å²) < 4.78 is 0. The molecular weight excluding hydrogens is 264 g/mol. The molecule has 1 rings (SSSR count). The van der Waals surface area contributed by atoms with Crippen LogP contribution in [0.2, 0.25) is 0 Å². The van der Waals surface area contributed by atoms with Gasteiger partial charge in [0.05, 0.1) is 0 Å². The number of rotatable bonds is 9. The largest absolute Gasteiger partial charge is 0.293 e. The molecule has 2 nitrogen and oxygen atoms in total. The van der Waals surface area contributed by atoms with Crippen molar-refractivity contribution in [2.75, 3.05) is 18.8 Å². The van der Waals surface area contributed by atoms with Crippen LogP contribution in [0.4, 0.5) is 0 Å². The molecule has 0 N–H and O–H groups in total. The van der Waals surface area contributed by atoms with Crippen molar-refractivity contribution in [3.8, 4) is 0 Å². The van der Waals surface area contributed by atoms with Gasteiger partial charge in [-0.2, -0.15) is 12.6 Å². The van der Waals surface area contributed by atoms with Crippen LogP contribution in [0.25, 0.3) is 0 Å². The second-order valence-electron chi connectivity index (χ2n) is 5.35. The van der Waals surface area contributed by atoms with Gasteiger partial charge in [0.25, 0.3) is 0 Å². The fraction of sp³-hybridized carbons (Fsp3) is 0.529. The normalized spacial score (nSPS) is 12.0. The van der Waals surface area contributed by atoms with E-state index in [1.165, 1.54) is 12.8 Å². The summed E-state index contributed by atoms with van der Waals surface area (Å²) in [6.45, 7) is 6.27. The standard InChI is InChI=1S/C17H26N2S/c1-15(2)5-3-10-18-13-16-6-8-17(9-7-16)14-19-11-4-12-20/h6-9,13-15,20H,3-5,10-12H2,1-2H3. The number of hydrogen-bond acceptors (Lipinski definition) is 3. The average molecular weight is 290 g/mol. The number of benzene rings is 1. The first-order chi connectivity index (χ1) is 9.72. The first-order valence-electron chi connectivity index (χ1n) is 7.43. The highest BCUT2D eigenvalue weighted by molar-refractivity contribution is 7.80. The second kappa shape index (κ2) is 10.7. The molecule has 0 fully saturated rings. The van der Waals surface area contributed by atoms with Gasteiger partial charge in [-0.05, 0) is 42.1 Å². The Hall–Kier alpha value is -1.09. The molecule has 0 amide bonds. The average Bonchev–Trinajstić information content (AvgIpc) is 2.44. The maximum Gasteiger partial charge on any atom is 0.0397 e. The highest BCUT2D eigenvalue weighted by Gasteiger charge is 1.92. The lowest BCUT2D eigenvalue weighted by Crippen LogP contribution is -1.91. The summed E-state index contributed by atoms with van der Waals surface area (Å²) >= 11 is 4.16. The van der Waals surface area contributed by atoms with Gasteiger partial charge in [0, 0.05) is 25.5 Å². The Labute approximate surface area is 128 Å². The Morgan fingerprint density at radius 2 is 1.45 bits per heavy atom. The van der Waals surface area contributed by atoms with Crippen LogP contribution in [0.1, 0.15) is 44.2 Å². The molecular formula is C17H26N2S. The number of hydrogen-bond donors (Lipinski definition) is 1. The molecule has 0 atom stereocenters. The topological polar surface area (TPSA) is 24.7 Å². The molecule has 0 aliphatic heterocycles. The summed E-state index contributed by atoms with van der Waals surface area (Å²) in [6, 6.07) is 8.34. The number of aliphatic imine (C=N–C) groups is 2. The molecule has 0 unspecified atom stereocenters. The van der Waals surface area contributed by atoms with Crippen LogP contribution in [0.3, 0.4) is 0 Å². The van der Waals surface area contributed by atoms with E-state index in [0.717, 1.165) is 42.3 Å². The van der Waals surface area contributed by atoms with Crippen LogP contribution < -0.4 is 0 Å². The van der Waals surface area contributed by atoms with Crippen molar-refractivity contribution in [3.05, 3.63) is 35.4 Å². The minimum absolute atomic E-state index is 0.770. The third-order valence-corrected chi connectivity index (χ3v) is 3.25. The maximum absolute atomic E-state index is 4.46. The van der Waals surface area contributed by atoms with E-state index in [1.54, 1.807) is 0 Å². The highest BCUT2D eigenvalue weighted by Crippen LogP contribution is 2.04. The van der Waals surface area contributed by atoms with Crippen LogP contribution in [-0.4, -0.2) is 31.3 Å². The van der Waals surface area contributed by atoms with Crippen LogP contribution in [0.15, 0.2) is 34.3 Å². The van der Waals surface area contributed by atoms with Crippen LogP contribution >= 0.6 is 12.6 Å². The van der Waals surface area contributed by atoms with E-state index in [1.807, 2.05) is 12.4 Å². The summed E-state index contributed by atoms with van der Waals surface area (Å²) in [4.78, 5) is 8.82. The van der Waals surface area contributed by atoms with E-state index >= 15 is 0 Å². The molecule has 0 aliphatic carbocycles. The number of thiol groups is 1. The van der Waals surface area contributed by atoms with Gasteiger partial charge in [-0.3, -0.25) is 9.98 Å². The van der Waals surface area contributed by atoms with Crippen LogP contribution in [0, 0.1) is 5.92 Å². The molecule has 0 aromatic heterocycles. The first-order valence-corrected chi connectivity index (χ1v) is 8.06. The van der Waals surface area contributed by atoms with Crippen molar-refractivity contribution in [1.29, 1.82) is 0 Å². The Kier molecular flexibility index (Phi) is 9.05. The summed E-state index contributed by atoms with van der Waals surface area (Å²) in [6.07, 6.45) is 7.33. The van der Waals surface area contributed by atoms with E-state index in [-0.39, 0.29) is 0 Å². The van der Waals surface area contributed by atoms with Gasteiger partial charge in [0.2, 0.25) is 0 Å². The fourth-order valence-electron chi connectivity index (χ4n) is 1.76. The summed E-state index contributed by atoms with van der Waals surface area (Å²) in [5.41, 5.74) is 2.29. The lowest BCUT2D eigenvalue weighted by molar-refractivity contribution is 0.562. The van der Waals surface area contributed by atoms with E-state index in [4.69, 9.17) is 0 Å². The van der Waals surface area contributed by atoms with Gasteiger partial charge in [-0.25, -0.2) is 0 Å². The predicted octanol–water partition coefficient (Wildman–Crippen LogP) is 4.28. The highest BCUT2D eigenvalue weighted by atomic mass is 32.1. The molecule has 3 heteroatoms. The third-order valence-electron chi connectivity index (χ3n) is 2.93. The molecule has 0 aliphatic rings. The van der Waals surface area contributed by atoms with Crippen LogP contribution in [-0.2, 0) is 0 Å². The molecule has 0 saturated heterocycles. The second-order valence-corrected chi connectivity index (χ2v) is 5.80. The zero-order valence-corrected chi connectivity index (χ0v) is 13.5. The smallest absolute Gasteiger partial charge is 0.0397 e. The minimum atomic E-state index is 0.770. The summed E-state index contributed by atoms with van der Waals surface area (Å²) in [5.74, 6) is 1.66. The van der Waals surface area contributed by atoms with Crippen molar-refractivity contribution >= 4 is 25.1 Å². The molecule has 1 aromatic carbocycles. The molecule has 0 radical (unpaired) electrons. The van der Waals surface area contributed by atoms with Gasteiger partial charge in [0.1, 0.15) is 0 Å². The SMILES string of the molecule is CC(C)CCCN=Cc1ccc(C=NCCCS)cc1. The first kappa shape index (κ1) is 17.0. The van der Waals surface area contributed by atoms with Crippen molar-refractivity contribution in [3.63, 3.8) is 0 Å². The Bertz CT molecular complexity index is 408. The van der Waals surface area contributed by atoms with E-state index < -0.39 is 0 Å². The summed E-state index contributed by atoms with van der Waals surface area (Å²) in [7, 11) is 0. The van der Waals surface area contributed by atoms with Gasteiger partial charge in [-0.1, -0.05) is 38.1 Å². The lowest BCUT2D eigenvalue weighted by atomic mass is 10.1. The fourth-order valence-corrected chi connectivity index (χ4v) is 1.90. The Morgan fingerprint density at radius 1 is 0.950 bits per heavy atom. The molecule has 0 heterocycles. The van der Waals surface area contributed by atoms with E-state index in [0.29, 0.717) is 0 Å². The zero-order valence-electron chi connectivity index (χ0n) is 12.6. The zero-order chi connectivity index (χ0) is 14.6. The minimum Gasteiger partial charge on any atom is -0.293 e. The predicted molar refractivity (Wildman–Crippen MR) is 93.9 cm³/mol. The quantitative estimate of drug-likeness (QED) is 0.399. The summed E-state index contributed by atoms with van der Waals surface area (Å²) in [5, 5.41) is 0. The van der Waals surface area contributed by atoms with Gasteiger partial charge in [-0.15, -0.1) is 0 Å². The van der Waals surface area contributed by atoms with Crippen molar-refractivity contribution in [2.45, 2.75) is 33.1 Å². The number of nitrogens with zero attached hydrogens (tertiary/aromatic N) is 2. The monoisotopic (exact) mass is 290 g/mol. The molecule has 0 bridgehead atoms. The van der Waals surface area contributed by atoms with Crippen LogP contribution in [0.5, 0.6) is 0 Å². The van der Waals surface area contributed by atoms with Crippen molar-refractivity contribution in [1.82, 2.24) is 0 Å². The third kappa shape index (κ3) is 8.16. The Balaban J connectivity index is 2.34. The molecule has 1 aromatic rings. The molecule has 20 heavy (non-hydrogen) atoms. The van der Waals surface area contributed by atoms with Gasteiger partial charge < -0.3 is 0 Å². The Morgan fingerprint density at radius 3 is 1.90 bits per heavy atom. The van der Waals surface area contributed by atoms with Crippen molar-refractivity contribution < 1.29 is 0 Å². The maximum atomic E-state index is 4.46. The van der Waals surface area contributed by atoms with E-state index in [2.05, 4.69) is 60.7 Å². The van der Waals surface area contributed by atoms with E-state index in [9.17, 15) is 0 Å². The van der Waals surface area contributed by atoms with Crippen molar-refractivity contribution in [2.24, 2.45) is 15.9 Å². The lowest BCUT2D eigenvalue weighted by Gasteiger charge is -2.00. The van der Waals surface area contributed by atoms with Gasteiger partial charge >= 0.3 is 0 Å². The molecule has 0 spiro atoms.